The van der Waals surface area contributed by atoms with Crippen molar-refractivity contribution in [3.8, 4) is 11.5 Å². The molecule has 0 bridgehead atoms. The van der Waals surface area contributed by atoms with Crippen molar-refractivity contribution in [2.24, 2.45) is 0 Å². The standard InChI is InChI=1S/C15H21NO5/c1-4-5-13(15(18)19)16-14(17)10(2)21-12-8-6-11(20-3)7-9-12/h6-10,13H,4-5H2,1-3H3,(H,16,17)(H,18,19)/t10?,13-/m1/s1. The normalized spacial score (nSPS) is 13.1. The topological polar surface area (TPSA) is 84.9 Å². The summed E-state index contributed by atoms with van der Waals surface area (Å²) in [5.41, 5.74) is 0. The van der Waals surface area contributed by atoms with Crippen molar-refractivity contribution >= 4 is 11.9 Å². The number of carbonyl (C=O) groups is 2. The zero-order chi connectivity index (χ0) is 15.8. The van der Waals surface area contributed by atoms with Gasteiger partial charge in [0.05, 0.1) is 7.11 Å². The fraction of sp³-hybridized carbons (Fsp3) is 0.467. The van der Waals surface area contributed by atoms with Crippen LogP contribution in [0.25, 0.3) is 0 Å². The Balaban J connectivity index is 2.58. The average molecular weight is 295 g/mol. The van der Waals surface area contributed by atoms with Gasteiger partial charge in [0.1, 0.15) is 17.5 Å². The fourth-order valence-electron chi connectivity index (χ4n) is 1.75. The lowest BCUT2D eigenvalue weighted by Gasteiger charge is -2.18. The number of benzene rings is 1. The Morgan fingerprint density at radius 2 is 1.81 bits per heavy atom. The third-order valence-corrected chi connectivity index (χ3v) is 2.93. The summed E-state index contributed by atoms with van der Waals surface area (Å²) < 4.78 is 10.5. The van der Waals surface area contributed by atoms with Gasteiger partial charge in [0, 0.05) is 0 Å². The van der Waals surface area contributed by atoms with Crippen LogP contribution >= 0.6 is 0 Å². The van der Waals surface area contributed by atoms with Gasteiger partial charge in [-0.1, -0.05) is 13.3 Å². The highest BCUT2D eigenvalue weighted by atomic mass is 16.5. The van der Waals surface area contributed by atoms with E-state index in [1.807, 2.05) is 6.92 Å². The SMILES string of the molecule is CCC[C@@H](NC(=O)C(C)Oc1ccc(OC)cc1)C(=O)O. The minimum absolute atomic E-state index is 0.385. The Kier molecular flexibility index (Phi) is 6.52. The molecule has 116 valence electrons. The molecule has 1 aromatic rings. The molecule has 2 atom stereocenters. The summed E-state index contributed by atoms with van der Waals surface area (Å²) in [6.07, 6.45) is 0.276. The van der Waals surface area contributed by atoms with E-state index in [0.717, 1.165) is 0 Å². The number of carboxylic acids is 1. The third kappa shape index (κ3) is 5.33. The Labute approximate surface area is 124 Å². The number of carbonyl (C=O) groups excluding carboxylic acids is 1. The highest BCUT2D eigenvalue weighted by Crippen LogP contribution is 2.18. The van der Waals surface area contributed by atoms with Crippen LogP contribution in [0.3, 0.4) is 0 Å². The van der Waals surface area contributed by atoms with Crippen molar-refractivity contribution in [2.75, 3.05) is 7.11 Å². The smallest absolute Gasteiger partial charge is 0.326 e. The van der Waals surface area contributed by atoms with Crippen molar-refractivity contribution in [3.05, 3.63) is 24.3 Å². The average Bonchev–Trinajstić information content (AvgIpc) is 2.47. The van der Waals surface area contributed by atoms with Crippen molar-refractivity contribution in [2.45, 2.75) is 38.8 Å². The Morgan fingerprint density at radius 3 is 2.29 bits per heavy atom. The molecule has 1 unspecified atom stereocenters. The molecule has 6 nitrogen and oxygen atoms in total. The Bertz CT molecular complexity index is 471. The van der Waals surface area contributed by atoms with Crippen LogP contribution in [0.5, 0.6) is 11.5 Å². The molecule has 0 aromatic heterocycles. The molecule has 2 N–H and O–H groups in total. The van der Waals surface area contributed by atoms with Gasteiger partial charge in [-0.05, 0) is 37.6 Å². The largest absolute Gasteiger partial charge is 0.497 e. The molecule has 1 rings (SSSR count). The summed E-state index contributed by atoms with van der Waals surface area (Å²) in [5.74, 6) is -0.289. The van der Waals surface area contributed by atoms with Gasteiger partial charge < -0.3 is 19.9 Å². The predicted molar refractivity (Wildman–Crippen MR) is 77.6 cm³/mol. The maximum Gasteiger partial charge on any atom is 0.326 e. The molecule has 0 aliphatic heterocycles. The molecule has 0 aliphatic carbocycles. The van der Waals surface area contributed by atoms with Gasteiger partial charge in [0.15, 0.2) is 6.10 Å². The summed E-state index contributed by atoms with van der Waals surface area (Å²) in [6, 6.07) is 5.92. The number of nitrogens with one attached hydrogen (secondary N) is 1. The van der Waals surface area contributed by atoms with Gasteiger partial charge in [-0.2, -0.15) is 0 Å². The first-order valence-corrected chi connectivity index (χ1v) is 6.81. The lowest BCUT2D eigenvalue weighted by atomic mass is 10.1. The number of rotatable bonds is 8. The van der Waals surface area contributed by atoms with E-state index in [-0.39, 0.29) is 0 Å². The van der Waals surface area contributed by atoms with Crippen molar-refractivity contribution in [1.29, 1.82) is 0 Å². The molecule has 0 saturated carbocycles. The van der Waals surface area contributed by atoms with Crippen molar-refractivity contribution in [1.82, 2.24) is 5.32 Å². The van der Waals surface area contributed by atoms with E-state index in [2.05, 4.69) is 5.32 Å². The Hall–Kier alpha value is -2.24. The van der Waals surface area contributed by atoms with Gasteiger partial charge in [0.25, 0.3) is 5.91 Å². The zero-order valence-corrected chi connectivity index (χ0v) is 12.5. The Morgan fingerprint density at radius 1 is 1.24 bits per heavy atom. The molecule has 0 spiro atoms. The van der Waals surface area contributed by atoms with E-state index in [1.54, 1.807) is 38.3 Å². The zero-order valence-electron chi connectivity index (χ0n) is 12.5. The molecular weight excluding hydrogens is 274 g/mol. The van der Waals surface area contributed by atoms with Gasteiger partial charge in [-0.3, -0.25) is 4.79 Å². The number of ether oxygens (including phenoxy) is 2. The first kappa shape index (κ1) is 16.8. The van der Waals surface area contributed by atoms with E-state index in [4.69, 9.17) is 14.6 Å². The molecule has 1 amide bonds. The molecule has 0 heterocycles. The van der Waals surface area contributed by atoms with Crippen molar-refractivity contribution in [3.63, 3.8) is 0 Å². The minimum Gasteiger partial charge on any atom is -0.497 e. The number of hydrogen-bond acceptors (Lipinski definition) is 4. The van der Waals surface area contributed by atoms with Gasteiger partial charge in [-0.15, -0.1) is 0 Å². The van der Waals surface area contributed by atoms with Crippen LogP contribution in [0.2, 0.25) is 0 Å². The van der Waals surface area contributed by atoms with Crippen LogP contribution < -0.4 is 14.8 Å². The molecule has 0 radical (unpaired) electrons. The van der Waals surface area contributed by atoms with Crippen LogP contribution in [0.1, 0.15) is 26.7 Å². The lowest BCUT2D eigenvalue weighted by Crippen LogP contribution is -2.46. The fourth-order valence-corrected chi connectivity index (χ4v) is 1.75. The van der Waals surface area contributed by atoms with E-state index in [0.29, 0.717) is 24.3 Å². The second-order valence-corrected chi connectivity index (χ2v) is 4.62. The van der Waals surface area contributed by atoms with Gasteiger partial charge in [0.2, 0.25) is 0 Å². The lowest BCUT2D eigenvalue weighted by molar-refractivity contribution is -0.143. The molecule has 21 heavy (non-hydrogen) atoms. The monoisotopic (exact) mass is 295 g/mol. The molecular formula is C15H21NO5. The van der Waals surface area contributed by atoms with E-state index in [1.165, 1.54) is 0 Å². The molecule has 1 aromatic carbocycles. The van der Waals surface area contributed by atoms with Crippen LogP contribution in [-0.2, 0) is 9.59 Å². The number of carboxylic acid groups (broad SMARTS) is 1. The number of methoxy groups -OCH3 is 1. The first-order valence-electron chi connectivity index (χ1n) is 6.81. The van der Waals surface area contributed by atoms with Crippen LogP contribution in [0.15, 0.2) is 24.3 Å². The first-order chi connectivity index (χ1) is 9.97. The van der Waals surface area contributed by atoms with E-state index < -0.39 is 24.0 Å². The molecule has 0 fully saturated rings. The molecule has 0 saturated heterocycles. The predicted octanol–water partition coefficient (Wildman–Crippen LogP) is 1.83. The number of hydrogen-bond donors (Lipinski definition) is 2. The molecule has 6 heteroatoms. The second kappa shape index (κ2) is 8.14. The van der Waals surface area contributed by atoms with Gasteiger partial charge >= 0.3 is 5.97 Å². The second-order valence-electron chi connectivity index (χ2n) is 4.62. The number of aliphatic carboxylic acids is 1. The summed E-state index contributed by atoms with van der Waals surface area (Å²) >= 11 is 0. The van der Waals surface area contributed by atoms with Gasteiger partial charge in [-0.25, -0.2) is 4.79 Å². The maximum absolute atomic E-state index is 11.9. The molecule has 0 aliphatic rings. The van der Waals surface area contributed by atoms with Crippen molar-refractivity contribution < 1.29 is 24.2 Å². The summed E-state index contributed by atoms with van der Waals surface area (Å²) in [5, 5.41) is 11.5. The summed E-state index contributed by atoms with van der Waals surface area (Å²) in [6.45, 7) is 3.43. The van der Waals surface area contributed by atoms with E-state index >= 15 is 0 Å². The highest BCUT2D eigenvalue weighted by molar-refractivity contribution is 5.86. The van der Waals surface area contributed by atoms with Crippen LogP contribution in [0.4, 0.5) is 0 Å². The number of amides is 1. The third-order valence-electron chi connectivity index (χ3n) is 2.93. The van der Waals surface area contributed by atoms with E-state index in [9.17, 15) is 9.59 Å². The summed E-state index contributed by atoms with van der Waals surface area (Å²) in [7, 11) is 1.56. The quantitative estimate of drug-likeness (QED) is 0.764. The maximum atomic E-state index is 11.9. The van der Waals surface area contributed by atoms with Crippen LogP contribution in [0, 0.1) is 0 Å². The summed E-state index contributed by atoms with van der Waals surface area (Å²) in [4.78, 5) is 22.9. The van der Waals surface area contributed by atoms with Crippen LogP contribution in [-0.4, -0.2) is 36.2 Å². The minimum atomic E-state index is -1.04. The highest BCUT2D eigenvalue weighted by Gasteiger charge is 2.23.